The Kier molecular flexibility index (Phi) is 5.75. The first-order chi connectivity index (χ1) is 10.2. The van der Waals surface area contributed by atoms with Crippen molar-refractivity contribution >= 4 is 11.9 Å². The normalized spacial score (nSPS) is 17.5. The van der Waals surface area contributed by atoms with E-state index in [-0.39, 0.29) is 0 Å². The zero-order valence-corrected chi connectivity index (χ0v) is 12.2. The van der Waals surface area contributed by atoms with Gasteiger partial charge in [0.15, 0.2) is 6.10 Å². The fourth-order valence-electron chi connectivity index (χ4n) is 2.00. The molecular formula is C16H20O5. The highest BCUT2D eigenvalue weighted by Crippen LogP contribution is 2.16. The van der Waals surface area contributed by atoms with E-state index >= 15 is 0 Å². The van der Waals surface area contributed by atoms with E-state index in [1.165, 1.54) is 0 Å². The summed E-state index contributed by atoms with van der Waals surface area (Å²) in [7, 11) is 0. The van der Waals surface area contributed by atoms with Crippen molar-refractivity contribution in [3.63, 3.8) is 0 Å². The molecule has 1 aliphatic heterocycles. The van der Waals surface area contributed by atoms with Crippen LogP contribution in [0.25, 0.3) is 0 Å². The minimum Gasteiger partial charge on any atom is -0.494 e. The lowest BCUT2D eigenvalue weighted by Gasteiger charge is -2.09. The van der Waals surface area contributed by atoms with Crippen LogP contribution < -0.4 is 4.74 Å². The zero-order valence-electron chi connectivity index (χ0n) is 12.2. The maximum absolute atomic E-state index is 11.8. The third-order valence-electron chi connectivity index (χ3n) is 3.24. The molecule has 0 N–H and O–H groups in total. The van der Waals surface area contributed by atoms with Crippen LogP contribution in [0.2, 0.25) is 0 Å². The number of hydrogen-bond donors (Lipinski definition) is 0. The van der Waals surface area contributed by atoms with Gasteiger partial charge >= 0.3 is 11.9 Å². The van der Waals surface area contributed by atoms with Crippen LogP contribution in [-0.4, -0.2) is 31.3 Å². The first-order valence-electron chi connectivity index (χ1n) is 7.31. The molecule has 1 atom stereocenters. The van der Waals surface area contributed by atoms with Gasteiger partial charge in [0.05, 0.1) is 12.2 Å². The lowest BCUT2D eigenvalue weighted by atomic mass is 10.2. The number of carbonyl (C=O) groups is 2. The minimum absolute atomic E-state index is 0.323. The molecule has 1 unspecified atom stereocenters. The molecule has 1 aromatic carbocycles. The molecule has 5 heteroatoms. The number of benzene rings is 1. The van der Waals surface area contributed by atoms with Crippen LogP contribution in [0.5, 0.6) is 5.75 Å². The van der Waals surface area contributed by atoms with Gasteiger partial charge in [0.2, 0.25) is 0 Å². The van der Waals surface area contributed by atoms with Crippen molar-refractivity contribution in [3.05, 3.63) is 29.8 Å². The molecule has 1 fully saturated rings. The Labute approximate surface area is 124 Å². The second kappa shape index (κ2) is 7.78. The summed E-state index contributed by atoms with van der Waals surface area (Å²) in [5, 5.41) is 0. The molecule has 1 aromatic rings. The predicted molar refractivity (Wildman–Crippen MR) is 76.2 cm³/mol. The minimum atomic E-state index is -0.657. The molecule has 1 saturated heterocycles. The molecule has 0 spiro atoms. The molecule has 1 aliphatic rings. The third-order valence-corrected chi connectivity index (χ3v) is 3.24. The van der Waals surface area contributed by atoms with E-state index in [2.05, 4.69) is 6.92 Å². The van der Waals surface area contributed by atoms with Gasteiger partial charge < -0.3 is 14.2 Å². The van der Waals surface area contributed by atoms with Crippen molar-refractivity contribution in [3.8, 4) is 5.75 Å². The van der Waals surface area contributed by atoms with Gasteiger partial charge in [0.1, 0.15) is 5.75 Å². The highest BCUT2D eigenvalue weighted by Gasteiger charge is 2.27. The second-order valence-corrected chi connectivity index (χ2v) is 4.94. The summed E-state index contributed by atoms with van der Waals surface area (Å²) in [5.74, 6) is -0.568. The average molecular weight is 292 g/mol. The van der Waals surface area contributed by atoms with E-state index in [4.69, 9.17) is 14.2 Å². The number of unbranched alkanes of at least 4 members (excludes halogenated alkanes) is 1. The Hall–Kier alpha value is -1.88. The Morgan fingerprint density at radius 2 is 2.05 bits per heavy atom. The van der Waals surface area contributed by atoms with Crippen LogP contribution in [-0.2, 0) is 14.3 Å². The van der Waals surface area contributed by atoms with Crippen molar-refractivity contribution in [1.82, 2.24) is 0 Å². The molecule has 0 amide bonds. The predicted octanol–water partition coefficient (Wildman–Crippen LogP) is 2.73. The van der Waals surface area contributed by atoms with Gasteiger partial charge in [-0.25, -0.2) is 9.59 Å². The van der Waals surface area contributed by atoms with E-state index in [9.17, 15) is 9.59 Å². The molecule has 21 heavy (non-hydrogen) atoms. The summed E-state index contributed by atoms with van der Waals surface area (Å²) in [4.78, 5) is 23.5. The van der Waals surface area contributed by atoms with E-state index in [0.717, 1.165) is 19.3 Å². The lowest BCUT2D eigenvalue weighted by molar-refractivity contribution is -0.148. The quantitative estimate of drug-likeness (QED) is 0.458. The van der Waals surface area contributed by atoms with Gasteiger partial charge in [-0.3, -0.25) is 0 Å². The van der Waals surface area contributed by atoms with Gasteiger partial charge in [-0.1, -0.05) is 13.3 Å². The topological polar surface area (TPSA) is 61.8 Å². The van der Waals surface area contributed by atoms with Crippen molar-refractivity contribution in [2.24, 2.45) is 0 Å². The van der Waals surface area contributed by atoms with E-state index in [1.54, 1.807) is 24.3 Å². The lowest BCUT2D eigenvalue weighted by Crippen LogP contribution is -2.25. The SMILES string of the molecule is CCCCOc1ccc(C(=O)OC(=O)C2CCCO2)cc1. The molecule has 1 heterocycles. The van der Waals surface area contributed by atoms with Crippen LogP contribution in [0.15, 0.2) is 24.3 Å². The van der Waals surface area contributed by atoms with Crippen molar-refractivity contribution < 1.29 is 23.8 Å². The molecule has 2 rings (SSSR count). The van der Waals surface area contributed by atoms with Crippen LogP contribution in [0.1, 0.15) is 43.0 Å². The van der Waals surface area contributed by atoms with Gasteiger partial charge in [-0.2, -0.15) is 0 Å². The average Bonchev–Trinajstić information content (AvgIpc) is 3.02. The molecular weight excluding hydrogens is 272 g/mol. The molecule has 114 valence electrons. The summed E-state index contributed by atoms with van der Waals surface area (Å²) in [6, 6.07) is 6.57. The molecule has 0 aliphatic carbocycles. The highest BCUT2D eigenvalue weighted by molar-refractivity contribution is 5.97. The summed E-state index contributed by atoms with van der Waals surface area (Å²) in [5.41, 5.74) is 0.323. The number of hydrogen-bond acceptors (Lipinski definition) is 5. The Morgan fingerprint density at radius 3 is 2.67 bits per heavy atom. The Bertz CT molecular complexity index is 474. The number of ether oxygens (including phenoxy) is 3. The van der Waals surface area contributed by atoms with Crippen LogP contribution in [0.3, 0.4) is 0 Å². The van der Waals surface area contributed by atoms with Gasteiger partial charge in [0.25, 0.3) is 0 Å². The largest absolute Gasteiger partial charge is 0.494 e. The smallest absolute Gasteiger partial charge is 0.345 e. The van der Waals surface area contributed by atoms with E-state index in [1.807, 2.05) is 0 Å². The summed E-state index contributed by atoms with van der Waals surface area (Å²) in [6.07, 6.45) is 2.87. The Morgan fingerprint density at radius 1 is 1.29 bits per heavy atom. The van der Waals surface area contributed by atoms with Crippen molar-refractivity contribution in [1.29, 1.82) is 0 Å². The van der Waals surface area contributed by atoms with Crippen LogP contribution >= 0.6 is 0 Å². The molecule has 0 aromatic heterocycles. The van der Waals surface area contributed by atoms with Crippen molar-refractivity contribution in [2.75, 3.05) is 13.2 Å². The number of rotatable bonds is 6. The van der Waals surface area contributed by atoms with E-state index in [0.29, 0.717) is 30.9 Å². The van der Waals surface area contributed by atoms with Crippen molar-refractivity contribution in [2.45, 2.75) is 38.7 Å². The summed E-state index contributed by atoms with van der Waals surface area (Å²) < 4.78 is 15.5. The fourth-order valence-corrected chi connectivity index (χ4v) is 2.00. The molecule has 0 saturated carbocycles. The zero-order chi connectivity index (χ0) is 15.1. The van der Waals surface area contributed by atoms with Gasteiger partial charge in [0, 0.05) is 6.61 Å². The molecule has 0 bridgehead atoms. The first-order valence-corrected chi connectivity index (χ1v) is 7.31. The summed E-state index contributed by atoms with van der Waals surface area (Å²) in [6.45, 7) is 3.28. The molecule has 5 nitrogen and oxygen atoms in total. The number of esters is 2. The Balaban J connectivity index is 1.85. The first kappa shape index (κ1) is 15.5. The standard InChI is InChI=1S/C16H20O5/c1-2-3-10-19-13-8-6-12(7-9-13)15(17)21-16(18)14-5-4-11-20-14/h6-9,14H,2-5,10-11H2,1H3. The molecule has 0 radical (unpaired) electrons. The monoisotopic (exact) mass is 292 g/mol. The van der Waals surface area contributed by atoms with Crippen LogP contribution in [0.4, 0.5) is 0 Å². The van der Waals surface area contributed by atoms with Gasteiger partial charge in [-0.05, 0) is 43.5 Å². The van der Waals surface area contributed by atoms with Gasteiger partial charge in [-0.15, -0.1) is 0 Å². The maximum atomic E-state index is 11.8. The van der Waals surface area contributed by atoms with E-state index < -0.39 is 18.0 Å². The summed E-state index contributed by atoms with van der Waals surface area (Å²) >= 11 is 0. The number of carbonyl (C=O) groups excluding carboxylic acids is 2. The third kappa shape index (κ3) is 4.56. The fraction of sp³-hybridized carbons (Fsp3) is 0.500. The maximum Gasteiger partial charge on any atom is 0.345 e. The highest BCUT2D eigenvalue weighted by atomic mass is 16.6. The second-order valence-electron chi connectivity index (χ2n) is 4.94. The van der Waals surface area contributed by atoms with Crippen LogP contribution in [0, 0.1) is 0 Å².